The van der Waals surface area contributed by atoms with Gasteiger partial charge in [0.25, 0.3) is 0 Å². The number of carbonyl (C=O) groups excluding carboxylic acids is 4. The first kappa shape index (κ1) is 82.1. The summed E-state index contributed by atoms with van der Waals surface area (Å²) in [5.74, 6) is -1.44. The highest BCUT2D eigenvalue weighted by molar-refractivity contribution is 7.47. The fraction of sp³-hybridized carbons (Fsp3) is 0.938. The van der Waals surface area contributed by atoms with Gasteiger partial charge in [0.2, 0.25) is 0 Å². The number of phosphoric ester groups is 2. The minimum absolute atomic E-state index is 0.105. The van der Waals surface area contributed by atoms with E-state index in [1.54, 1.807) is 0 Å². The van der Waals surface area contributed by atoms with E-state index in [0.29, 0.717) is 31.6 Å². The quantitative estimate of drug-likeness (QED) is 0.0222. The lowest BCUT2D eigenvalue weighted by Gasteiger charge is -2.21. The lowest BCUT2D eigenvalue weighted by atomic mass is 10.0. The first-order chi connectivity index (χ1) is 40.5. The van der Waals surface area contributed by atoms with Crippen LogP contribution in [0.2, 0.25) is 0 Å². The standard InChI is InChI=1S/C65H126O17P2/c1-6-9-12-15-17-19-21-22-23-24-25-26-27-28-29-31-35-41-46-51-65(70)82-61(55-76-63(68)49-44-39-36-32-33-38-42-47-58(4)5)57-80-84(73,74)78-53-59(66)52-77-83(71,72)79-56-60(54-75-62(67)48-43-37-14-11-8-3)81-64(69)50-45-40-34-30-20-18-16-13-10-7-2/h58-61,66H,6-57H2,1-5H3,(H,71,72)(H,73,74)/t59-,60+,61+/m0/s1. The number of rotatable bonds is 65. The Morgan fingerprint density at radius 3 is 0.810 bits per heavy atom. The lowest BCUT2D eigenvalue weighted by molar-refractivity contribution is -0.161. The van der Waals surface area contributed by atoms with Crippen LogP contribution in [0.1, 0.15) is 330 Å². The van der Waals surface area contributed by atoms with Crippen LogP contribution >= 0.6 is 15.6 Å². The first-order valence-corrected chi connectivity index (χ1v) is 37.1. The molecule has 0 spiro atoms. The van der Waals surface area contributed by atoms with Crippen molar-refractivity contribution in [3.63, 3.8) is 0 Å². The van der Waals surface area contributed by atoms with Crippen molar-refractivity contribution in [2.75, 3.05) is 39.6 Å². The Morgan fingerprint density at radius 1 is 0.321 bits per heavy atom. The second kappa shape index (κ2) is 58.7. The van der Waals surface area contributed by atoms with Gasteiger partial charge in [-0.2, -0.15) is 0 Å². The van der Waals surface area contributed by atoms with Gasteiger partial charge in [0.05, 0.1) is 26.4 Å². The van der Waals surface area contributed by atoms with E-state index in [9.17, 15) is 43.2 Å². The zero-order valence-electron chi connectivity index (χ0n) is 54.0. The second-order valence-corrected chi connectivity index (χ2v) is 26.9. The van der Waals surface area contributed by atoms with Gasteiger partial charge in [-0.15, -0.1) is 0 Å². The monoisotopic (exact) mass is 1240 g/mol. The molecule has 0 fully saturated rings. The molecular formula is C65H126O17P2. The molecule has 0 bridgehead atoms. The topological polar surface area (TPSA) is 237 Å². The Balaban J connectivity index is 5.11. The SMILES string of the molecule is CCCCCCCCCCCCCCCCCCCCCC(=O)O[C@H](COC(=O)CCCCCCCCCC(C)C)COP(=O)(O)OC[C@@H](O)COP(=O)(O)OC[C@@H](COC(=O)CCCCCCC)OC(=O)CCCCCCCCCCCC. The molecule has 0 rings (SSSR count). The highest BCUT2D eigenvalue weighted by atomic mass is 31.2. The third-order valence-corrected chi connectivity index (χ3v) is 16.9. The third-order valence-electron chi connectivity index (χ3n) is 15.0. The van der Waals surface area contributed by atoms with E-state index in [0.717, 1.165) is 103 Å². The molecule has 0 radical (unpaired) electrons. The summed E-state index contributed by atoms with van der Waals surface area (Å²) in [6.45, 7) is 7.05. The summed E-state index contributed by atoms with van der Waals surface area (Å²) in [6.07, 6.45) is 43.6. The number of carbonyl (C=O) groups is 4. The fourth-order valence-electron chi connectivity index (χ4n) is 9.76. The van der Waals surface area contributed by atoms with Crippen LogP contribution in [0.3, 0.4) is 0 Å². The van der Waals surface area contributed by atoms with Crippen molar-refractivity contribution in [3.05, 3.63) is 0 Å². The molecule has 84 heavy (non-hydrogen) atoms. The van der Waals surface area contributed by atoms with Crippen molar-refractivity contribution < 1.29 is 80.2 Å². The van der Waals surface area contributed by atoms with Crippen molar-refractivity contribution in [2.24, 2.45) is 5.92 Å². The molecule has 0 heterocycles. The van der Waals surface area contributed by atoms with Crippen LogP contribution in [0.15, 0.2) is 0 Å². The number of esters is 4. The summed E-state index contributed by atoms with van der Waals surface area (Å²) in [6, 6.07) is 0. The van der Waals surface area contributed by atoms with Crippen molar-refractivity contribution in [2.45, 2.75) is 348 Å². The molecule has 0 aromatic rings. The van der Waals surface area contributed by atoms with E-state index in [4.69, 9.17) is 37.0 Å². The van der Waals surface area contributed by atoms with Gasteiger partial charge in [0.15, 0.2) is 12.2 Å². The average Bonchev–Trinajstić information content (AvgIpc) is 3.59. The number of unbranched alkanes of at least 4 members (excludes halogenated alkanes) is 37. The summed E-state index contributed by atoms with van der Waals surface area (Å²) in [7, 11) is -9.88. The maximum Gasteiger partial charge on any atom is 0.472 e. The van der Waals surface area contributed by atoms with Crippen LogP contribution in [-0.4, -0.2) is 96.7 Å². The van der Waals surface area contributed by atoms with Gasteiger partial charge in [-0.3, -0.25) is 37.3 Å². The minimum Gasteiger partial charge on any atom is -0.462 e. The first-order valence-electron chi connectivity index (χ1n) is 34.1. The molecule has 17 nitrogen and oxygen atoms in total. The second-order valence-electron chi connectivity index (χ2n) is 24.0. The number of aliphatic hydroxyl groups is 1. The Morgan fingerprint density at radius 2 is 0.548 bits per heavy atom. The number of phosphoric acid groups is 2. The Bertz CT molecular complexity index is 1640. The molecule has 498 valence electrons. The molecule has 3 N–H and O–H groups in total. The van der Waals surface area contributed by atoms with Gasteiger partial charge in [-0.25, -0.2) is 9.13 Å². The fourth-order valence-corrected chi connectivity index (χ4v) is 11.3. The van der Waals surface area contributed by atoms with E-state index in [1.807, 2.05) is 0 Å². The van der Waals surface area contributed by atoms with E-state index in [-0.39, 0.29) is 25.7 Å². The summed E-state index contributed by atoms with van der Waals surface area (Å²) in [5.41, 5.74) is 0. The summed E-state index contributed by atoms with van der Waals surface area (Å²) in [4.78, 5) is 71.9. The van der Waals surface area contributed by atoms with Crippen LogP contribution in [0.5, 0.6) is 0 Å². The number of hydrogen-bond donors (Lipinski definition) is 3. The van der Waals surface area contributed by atoms with Gasteiger partial charge >= 0.3 is 39.5 Å². The maximum absolute atomic E-state index is 13.0. The Kier molecular flexibility index (Phi) is 57.4. The van der Waals surface area contributed by atoms with Crippen molar-refractivity contribution >= 4 is 39.5 Å². The predicted octanol–water partition coefficient (Wildman–Crippen LogP) is 18.2. The molecule has 0 aliphatic heterocycles. The van der Waals surface area contributed by atoms with E-state index in [1.165, 1.54) is 141 Å². The van der Waals surface area contributed by atoms with Gasteiger partial charge in [-0.05, 0) is 31.6 Å². The highest BCUT2D eigenvalue weighted by Gasteiger charge is 2.30. The van der Waals surface area contributed by atoms with E-state index < -0.39 is 97.5 Å². The minimum atomic E-state index is -4.94. The molecule has 0 saturated heterocycles. The Hall–Kier alpha value is -1.94. The Labute approximate surface area is 511 Å². The number of ether oxygens (including phenoxy) is 4. The summed E-state index contributed by atoms with van der Waals surface area (Å²) >= 11 is 0. The summed E-state index contributed by atoms with van der Waals surface area (Å²) in [5, 5.41) is 10.5. The molecule has 0 aromatic heterocycles. The zero-order chi connectivity index (χ0) is 62.0. The predicted molar refractivity (Wildman–Crippen MR) is 335 cm³/mol. The van der Waals surface area contributed by atoms with Gasteiger partial charge in [0, 0.05) is 25.7 Å². The van der Waals surface area contributed by atoms with Crippen molar-refractivity contribution in [1.82, 2.24) is 0 Å². The largest absolute Gasteiger partial charge is 0.472 e. The normalized spacial score (nSPS) is 14.2. The highest BCUT2D eigenvalue weighted by Crippen LogP contribution is 2.45. The molecular weight excluding hydrogens is 1110 g/mol. The van der Waals surface area contributed by atoms with Gasteiger partial charge in [-0.1, -0.05) is 279 Å². The van der Waals surface area contributed by atoms with Crippen LogP contribution in [-0.2, 0) is 65.4 Å². The molecule has 0 amide bonds. The smallest absolute Gasteiger partial charge is 0.462 e. The molecule has 0 aromatic carbocycles. The molecule has 0 aliphatic carbocycles. The van der Waals surface area contributed by atoms with E-state index in [2.05, 4.69) is 34.6 Å². The van der Waals surface area contributed by atoms with Crippen LogP contribution in [0, 0.1) is 5.92 Å². The average molecular weight is 1240 g/mol. The van der Waals surface area contributed by atoms with Gasteiger partial charge < -0.3 is 33.8 Å². The zero-order valence-corrected chi connectivity index (χ0v) is 55.8. The van der Waals surface area contributed by atoms with Crippen molar-refractivity contribution in [3.8, 4) is 0 Å². The number of aliphatic hydroxyl groups excluding tert-OH is 1. The lowest BCUT2D eigenvalue weighted by Crippen LogP contribution is -2.30. The maximum atomic E-state index is 13.0. The van der Waals surface area contributed by atoms with Crippen LogP contribution in [0.4, 0.5) is 0 Å². The molecule has 0 aliphatic rings. The summed E-state index contributed by atoms with van der Waals surface area (Å²) < 4.78 is 67.8. The molecule has 5 atom stereocenters. The van der Waals surface area contributed by atoms with Crippen LogP contribution < -0.4 is 0 Å². The molecule has 0 saturated carbocycles. The molecule has 2 unspecified atom stereocenters. The number of hydrogen-bond acceptors (Lipinski definition) is 15. The van der Waals surface area contributed by atoms with Crippen LogP contribution in [0.25, 0.3) is 0 Å². The molecule has 19 heteroatoms. The van der Waals surface area contributed by atoms with Gasteiger partial charge in [0.1, 0.15) is 19.3 Å². The third kappa shape index (κ3) is 59.0. The van der Waals surface area contributed by atoms with E-state index >= 15 is 0 Å². The van der Waals surface area contributed by atoms with Crippen molar-refractivity contribution in [1.29, 1.82) is 0 Å².